The monoisotopic (exact) mass is 416 g/mol. The fraction of sp³-hybridized carbons (Fsp3) is 0.333. The van der Waals surface area contributed by atoms with Crippen molar-refractivity contribution in [2.24, 2.45) is 0 Å². The lowest BCUT2D eigenvalue weighted by atomic mass is 10.1. The number of benzene rings is 1. The summed E-state index contributed by atoms with van der Waals surface area (Å²) in [5.41, 5.74) is 2.00. The van der Waals surface area contributed by atoms with E-state index in [1.165, 1.54) is 29.7 Å². The molecule has 0 bridgehead atoms. The number of methoxy groups -OCH3 is 1. The molecule has 0 saturated carbocycles. The van der Waals surface area contributed by atoms with Crippen LogP contribution in [-0.2, 0) is 0 Å². The van der Waals surface area contributed by atoms with Crippen LogP contribution in [0.15, 0.2) is 47.4 Å². The Morgan fingerprint density at radius 1 is 1.20 bits per heavy atom. The van der Waals surface area contributed by atoms with Gasteiger partial charge in [-0.05, 0) is 37.3 Å². The predicted molar refractivity (Wildman–Crippen MR) is 110 cm³/mol. The van der Waals surface area contributed by atoms with Gasteiger partial charge in [0.2, 0.25) is 0 Å². The van der Waals surface area contributed by atoms with Gasteiger partial charge in [-0.25, -0.2) is 4.98 Å². The maximum atomic E-state index is 12.8. The van der Waals surface area contributed by atoms with Crippen LogP contribution in [0.1, 0.15) is 6.92 Å². The summed E-state index contributed by atoms with van der Waals surface area (Å²) in [6.07, 6.45) is 1.78. The molecule has 30 heavy (non-hydrogen) atoms. The Balaban J connectivity index is 1.71. The molecule has 0 unspecified atom stereocenters. The molecule has 0 radical (unpaired) electrons. The number of hydrogen-bond acceptors (Lipinski definition) is 6. The Bertz CT molecular complexity index is 1120. The number of nitrogens with one attached hydrogen (secondary N) is 1. The molecule has 1 fully saturated rings. The molecule has 3 heterocycles. The van der Waals surface area contributed by atoms with Gasteiger partial charge in [-0.15, -0.1) is 0 Å². The van der Waals surface area contributed by atoms with Gasteiger partial charge in [-0.2, -0.15) is 8.78 Å². The number of alkyl halides is 2. The van der Waals surface area contributed by atoms with Crippen LogP contribution in [0.5, 0.6) is 11.5 Å². The van der Waals surface area contributed by atoms with Crippen molar-refractivity contribution in [3.63, 3.8) is 0 Å². The molecule has 9 heteroatoms. The Kier molecular flexibility index (Phi) is 5.54. The molecule has 1 N–H and O–H groups in total. The van der Waals surface area contributed by atoms with Crippen LogP contribution in [0, 0.1) is 0 Å². The molecular formula is C21H22F2N4O3. The lowest BCUT2D eigenvalue weighted by Gasteiger charge is -2.33. The number of piperazine rings is 1. The second-order valence-electron chi connectivity index (χ2n) is 7.14. The third kappa shape index (κ3) is 4.06. The minimum atomic E-state index is -2.99. The summed E-state index contributed by atoms with van der Waals surface area (Å²) in [5, 5.41) is 3.39. The number of rotatable bonds is 5. The summed E-state index contributed by atoms with van der Waals surface area (Å²) in [5.74, 6) is 0.0571. The molecular weight excluding hydrogens is 394 g/mol. The number of ether oxygens (including phenoxy) is 2. The van der Waals surface area contributed by atoms with Gasteiger partial charge in [0.25, 0.3) is 5.56 Å². The first-order valence-corrected chi connectivity index (χ1v) is 9.59. The van der Waals surface area contributed by atoms with Crippen molar-refractivity contribution in [1.29, 1.82) is 0 Å². The van der Waals surface area contributed by atoms with E-state index in [1.807, 2.05) is 6.07 Å². The van der Waals surface area contributed by atoms with Crippen molar-refractivity contribution >= 4 is 11.3 Å². The maximum absolute atomic E-state index is 12.8. The number of fused-ring (bicyclic) bond motifs is 1. The first-order valence-electron chi connectivity index (χ1n) is 9.59. The van der Waals surface area contributed by atoms with Gasteiger partial charge >= 0.3 is 6.61 Å². The van der Waals surface area contributed by atoms with Gasteiger partial charge < -0.3 is 19.7 Å². The average molecular weight is 416 g/mol. The van der Waals surface area contributed by atoms with Crippen LogP contribution >= 0.6 is 0 Å². The maximum Gasteiger partial charge on any atom is 0.387 e. The van der Waals surface area contributed by atoms with Crippen molar-refractivity contribution in [3.05, 3.63) is 52.9 Å². The van der Waals surface area contributed by atoms with Crippen LogP contribution in [-0.4, -0.2) is 48.8 Å². The summed E-state index contributed by atoms with van der Waals surface area (Å²) in [7, 11) is 1.37. The number of hydrogen-bond donors (Lipinski definition) is 1. The van der Waals surface area contributed by atoms with E-state index in [0.29, 0.717) is 22.9 Å². The number of nitrogens with zero attached hydrogens (tertiary/aromatic N) is 3. The van der Waals surface area contributed by atoms with Gasteiger partial charge in [0.1, 0.15) is 5.65 Å². The van der Waals surface area contributed by atoms with E-state index in [2.05, 4.69) is 26.9 Å². The second kappa shape index (κ2) is 8.27. The van der Waals surface area contributed by atoms with E-state index in [9.17, 15) is 13.6 Å². The molecule has 1 aliphatic heterocycles. The Hall–Kier alpha value is -3.20. The molecule has 0 spiro atoms. The topological polar surface area (TPSA) is 68.1 Å². The van der Waals surface area contributed by atoms with Crippen molar-refractivity contribution in [1.82, 2.24) is 14.7 Å². The van der Waals surface area contributed by atoms with Crippen molar-refractivity contribution in [3.8, 4) is 22.8 Å². The molecule has 1 atom stereocenters. The van der Waals surface area contributed by atoms with E-state index in [1.54, 1.807) is 18.3 Å². The highest BCUT2D eigenvalue weighted by molar-refractivity contribution is 5.66. The highest BCUT2D eigenvalue weighted by atomic mass is 19.3. The van der Waals surface area contributed by atoms with Gasteiger partial charge in [-0.1, -0.05) is 0 Å². The molecule has 158 valence electrons. The lowest BCUT2D eigenvalue weighted by molar-refractivity contribution is -0.0511. The second-order valence-corrected chi connectivity index (χ2v) is 7.14. The van der Waals surface area contributed by atoms with Crippen LogP contribution in [0.4, 0.5) is 14.5 Å². The van der Waals surface area contributed by atoms with E-state index < -0.39 is 6.61 Å². The van der Waals surface area contributed by atoms with Crippen molar-refractivity contribution in [2.75, 3.05) is 31.6 Å². The minimum Gasteiger partial charge on any atom is -0.493 e. The Morgan fingerprint density at radius 3 is 2.77 bits per heavy atom. The zero-order chi connectivity index (χ0) is 21.3. The SMILES string of the molecule is COc1ccc(-c2cc(=O)n3cc(N4CCN[C@@H](C)C4)ccc3n2)cc1OC(F)F. The van der Waals surface area contributed by atoms with Crippen molar-refractivity contribution in [2.45, 2.75) is 19.6 Å². The van der Waals surface area contributed by atoms with Crippen LogP contribution in [0.3, 0.4) is 0 Å². The van der Waals surface area contributed by atoms with Crippen LogP contribution in [0.25, 0.3) is 16.9 Å². The zero-order valence-electron chi connectivity index (χ0n) is 16.6. The first kappa shape index (κ1) is 20.1. The zero-order valence-corrected chi connectivity index (χ0v) is 16.6. The van der Waals surface area contributed by atoms with Crippen LogP contribution in [0.2, 0.25) is 0 Å². The van der Waals surface area contributed by atoms with E-state index in [4.69, 9.17) is 4.74 Å². The summed E-state index contributed by atoms with van der Waals surface area (Å²) < 4.78 is 36.5. The van der Waals surface area contributed by atoms with Gasteiger partial charge in [0, 0.05) is 43.5 Å². The van der Waals surface area contributed by atoms with Crippen LogP contribution < -0.4 is 25.2 Å². The Morgan fingerprint density at radius 2 is 2.03 bits per heavy atom. The third-order valence-electron chi connectivity index (χ3n) is 5.05. The highest BCUT2D eigenvalue weighted by Gasteiger charge is 2.17. The van der Waals surface area contributed by atoms with E-state index in [0.717, 1.165) is 25.3 Å². The average Bonchev–Trinajstić information content (AvgIpc) is 2.73. The molecule has 1 aromatic carbocycles. The number of anilines is 1. The molecule has 1 saturated heterocycles. The molecule has 0 aliphatic carbocycles. The molecule has 3 aromatic rings. The lowest BCUT2D eigenvalue weighted by Crippen LogP contribution is -2.49. The molecule has 7 nitrogen and oxygen atoms in total. The normalized spacial score (nSPS) is 16.8. The summed E-state index contributed by atoms with van der Waals surface area (Å²) in [4.78, 5) is 19.5. The van der Waals surface area contributed by atoms with Crippen molar-refractivity contribution < 1.29 is 18.3 Å². The number of aromatic nitrogens is 2. The number of pyridine rings is 1. The molecule has 2 aromatic heterocycles. The highest BCUT2D eigenvalue weighted by Crippen LogP contribution is 2.33. The van der Waals surface area contributed by atoms with E-state index in [-0.39, 0.29) is 17.1 Å². The summed E-state index contributed by atoms with van der Waals surface area (Å²) >= 11 is 0. The fourth-order valence-electron chi connectivity index (χ4n) is 3.62. The smallest absolute Gasteiger partial charge is 0.387 e. The fourth-order valence-corrected chi connectivity index (χ4v) is 3.62. The third-order valence-corrected chi connectivity index (χ3v) is 5.05. The van der Waals surface area contributed by atoms with Gasteiger partial charge in [0.15, 0.2) is 11.5 Å². The summed E-state index contributed by atoms with van der Waals surface area (Å²) in [6, 6.07) is 10.0. The largest absolute Gasteiger partial charge is 0.493 e. The minimum absolute atomic E-state index is 0.116. The van der Waals surface area contributed by atoms with Gasteiger partial charge in [0.05, 0.1) is 18.5 Å². The first-order chi connectivity index (χ1) is 14.4. The molecule has 4 rings (SSSR count). The molecule has 1 aliphatic rings. The number of halogens is 2. The van der Waals surface area contributed by atoms with E-state index >= 15 is 0 Å². The Labute approximate surface area is 171 Å². The van der Waals surface area contributed by atoms with Gasteiger partial charge in [-0.3, -0.25) is 9.20 Å². The standard InChI is InChI=1S/C21H22F2N4O3/c1-13-11-26(8-7-24-13)15-4-6-19-25-16(10-20(28)27(19)12-15)14-3-5-17(29-2)18(9-14)30-21(22)23/h3-6,9-10,12-13,21,24H,7-8,11H2,1-2H3/t13-/m0/s1. The summed E-state index contributed by atoms with van der Waals surface area (Å²) in [6.45, 7) is 1.72. The predicted octanol–water partition coefficient (Wildman–Crippen LogP) is 2.77. The molecule has 0 amide bonds. The quantitative estimate of drug-likeness (QED) is 0.690.